The van der Waals surface area contributed by atoms with E-state index in [9.17, 15) is 18.0 Å². The quantitative estimate of drug-likeness (QED) is 0.747. The number of carbonyl (C=O) groups excluding carboxylic acids is 2. The molecular weight excluding hydrogens is 406 g/mol. The minimum Gasteiger partial charge on any atom is -0.454 e. The fourth-order valence-corrected chi connectivity index (χ4v) is 4.84. The monoisotopic (exact) mass is 427 g/mol. The molecule has 0 aromatic heterocycles. The molecule has 1 atom stereocenters. The molecule has 0 saturated carbocycles. The lowest BCUT2D eigenvalue weighted by atomic mass is 10.0. The van der Waals surface area contributed by atoms with Crippen LogP contribution in [0.4, 0.5) is 5.69 Å². The molecule has 9 heteroatoms. The minimum absolute atomic E-state index is 0.0892. The SMILES string of the molecule is C[C@H](N=C1NS(=O)(=O)c2ccccc21)C(=O)OCC(=O)N1CCCc2ccccc21. The van der Waals surface area contributed by atoms with Crippen molar-refractivity contribution in [2.45, 2.75) is 30.7 Å². The predicted octanol–water partition coefficient (Wildman–Crippen LogP) is 1.64. The Morgan fingerprint density at radius 1 is 1.17 bits per heavy atom. The third-order valence-electron chi connectivity index (χ3n) is 5.08. The number of benzene rings is 2. The van der Waals surface area contributed by atoms with E-state index in [1.807, 2.05) is 24.3 Å². The number of hydrogen-bond acceptors (Lipinski definition) is 6. The summed E-state index contributed by atoms with van der Waals surface area (Å²) in [6, 6.07) is 13.1. The molecule has 2 aromatic rings. The molecule has 1 amide bonds. The van der Waals surface area contributed by atoms with Gasteiger partial charge in [-0.05, 0) is 43.5 Å². The van der Waals surface area contributed by atoms with Gasteiger partial charge in [-0.15, -0.1) is 0 Å². The Balaban J connectivity index is 1.42. The number of para-hydroxylation sites is 1. The van der Waals surface area contributed by atoms with Crippen molar-refractivity contribution >= 4 is 33.4 Å². The highest BCUT2D eigenvalue weighted by molar-refractivity contribution is 7.90. The van der Waals surface area contributed by atoms with Crippen molar-refractivity contribution in [2.24, 2.45) is 4.99 Å². The number of sulfonamides is 1. The second-order valence-corrected chi connectivity index (χ2v) is 8.79. The molecular formula is C21H21N3O5S. The number of aliphatic imine (C=N–C) groups is 1. The van der Waals surface area contributed by atoms with E-state index in [2.05, 4.69) is 9.71 Å². The Hall–Kier alpha value is -3.20. The maximum Gasteiger partial charge on any atom is 0.331 e. The lowest BCUT2D eigenvalue weighted by molar-refractivity contribution is -0.148. The number of anilines is 1. The van der Waals surface area contributed by atoms with E-state index in [1.54, 1.807) is 23.1 Å². The van der Waals surface area contributed by atoms with Crippen molar-refractivity contribution in [3.63, 3.8) is 0 Å². The number of aryl methyl sites for hydroxylation is 1. The Kier molecular flexibility index (Phi) is 5.29. The first kappa shape index (κ1) is 20.1. The molecule has 8 nitrogen and oxygen atoms in total. The number of ether oxygens (including phenoxy) is 1. The number of nitrogens with zero attached hydrogens (tertiary/aromatic N) is 2. The number of rotatable bonds is 4. The number of nitrogens with one attached hydrogen (secondary N) is 1. The molecule has 2 aliphatic rings. The normalized spacial score (nSPS) is 18.8. The fourth-order valence-electron chi connectivity index (χ4n) is 3.60. The molecule has 0 bridgehead atoms. The topological polar surface area (TPSA) is 105 Å². The average molecular weight is 427 g/mol. The first-order valence-corrected chi connectivity index (χ1v) is 11.1. The lowest BCUT2D eigenvalue weighted by Crippen LogP contribution is -2.39. The number of amidine groups is 1. The van der Waals surface area contributed by atoms with E-state index in [-0.39, 0.29) is 16.6 Å². The van der Waals surface area contributed by atoms with E-state index in [4.69, 9.17) is 4.74 Å². The largest absolute Gasteiger partial charge is 0.454 e. The molecule has 2 aromatic carbocycles. The van der Waals surface area contributed by atoms with Crippen molar-refractivity contribution in [1.82, 2.24) is 4.72 Å². The molecule has 4 rings (SSSR count). The van der Waals surface area contributed by atoms with Crippen LogP contribution in [-0.4, -0.2) is 45.3 Å². The van der Waals surface area contributed by atoms with Gasteiger partial charge in [0.1, 0.15) is 11.9 Å². The molecule has 0 spiro atoms. The first-order chi connectivity index (χ1) is 14.4. The van der Waals surface area contributed by atoms with Crippen LogP contribution in [0, 0.1) is 0 Å². The molecule has 2 heterocycles. The summed E-state index contributed by atoms with van der Waals surface area (Å²) in [5, 5.41) is 0. The molecule has 0 saturated heterocycles. The third-order valence-corrected chi connectivity index (χ3v) is 6.47. The van der Waals surface area contributed by atoms with E-state index >= 15 is 0 Å². The summed E-state index contributed by atoms with van der Waals surface area (Å²) in [6.45, 7) is 1.67. The van der Waals surface area contributed by atoms with Gasteiger partial charge in [-0.1, -0.05) is 30.3 Å². The van der Waals surface area contributed by atoms with Gasteiger partial charge < -0.3 is 9.64 Å². The molecule has 0 unspecified atom stereocenters. The van der Waals surface area contributed by atoms with Crippen molar-refractivity contribution in [2.75, 3.05) is 18.1 Å². The van der Waals surface area contributed by atoms with Gasteiger partial charge in [0, 0.05) is 17.8 Å². The number of esters is 1. The van der Waals surface area contributed by atoms with E-state index in [0.717, 1.165) is 24.1 Å². The Morgan fingerprint density at radius 3 is 2.73 bits per heavy atom. The van der Waals surface area contributed by atoms with Crippen LogP contribution in [0.2, 0.25) is 0 Å². The predicted molar refractivity (Wildman–Crippen MR) is 111 cm³/mol. The molecule has 1 N–H and O–H groups in total. The number of hydrogen-bond donors (Lipinski definition) is 1. The number of fused-ring (bicyclic) bond motifs is 2. The van der Waals surface area contributed by atoms with Gasteiger partial charge in [0.25, 0.3) is 15.9 Å². The maximum absolute atomic E-state index is 12.6. The van der Waals surface area contributed by atoms with E-state index in [1.165, 1.54) is 13.0 Å². The van der Waals surface area contributed by atoms with Crippen molar-refractivity contribution in [3.8, 4) is 0 Å². The Morgan fingerprint density at radius 2 is 1.90 bits per heavy atom. The number of carbonyl (C=O) groups is 2. The van der Waals surface area contributed by atoms with Gasteiger partial charge >= 0.3 is 5.97 Å². The number of amides is 1. The lowest BCUT2D eigenvalue weighted by Gasteiger charge is -2.29. The van der Waals surface area contributed by atoms with Gasteiger partial charge in [-0.25, -0.2) is 13.2 Å². The second kappa shape index (κ2) is 7.91. The summed E-state index contributed by atoms with van der Waals surface area (Å²) in [5.41, 5.74) is 2.34. The van der Waals surface area contributed by atoms with Crippen molar-refractivity contribution in [3.05, 3.63) is 59.7 Å². The zero-order valence-corrected chi connectivity index (χ0v) is 17.2. The van der Waals surface area contributed by atoms with Gasteiger partial charge in [0.15, 0.2) is 6.61 Å². The van der Waals surface area contributed by atoms with E-state index in [0.29, 0.717) is 12.1 Å². The van der Waals surface area contributed by atoms with Gasteiger partial charge in [-0.3, -0.25) is 14.5 Å². The second-order valence-electron chi connectivity index (χ2n) is 7.14. The summed E-state index contributed by atoms with van der Waals surface area (Å²) in [5.74, 6) is -0.918. The summed E-state index contributed by atoms with van der Waals surface area (Å²) >= 11 is 0. The van der Waals surface area contributed by atoms with Crippen LogP contribution in [-0.2, 0) is 30.8 Å². The summed E-state index contributed by atoms with van der Waals surface area (Å²) in [4.78, 5) is 30.9. The highest BCUT2D eigenvalue weighted by atomic mass is 32.2. The van der Waals surface area contributed by atoms with Crippen LogP contribution in [0.3, 0.4) is 0 Å². The standard InChI is InChI=1S/C21H21N3O5S/c1-14(22-20-16-9-3-5-11-18(16)30(27,28)23-20)21(26)29-13-19(25)24-12-6-8-15-7-2-4-10-17(15)24/h2-5,7,9-11,14H,6,8,12-13H2,1H3,(H,22,23)/t14-/m0/s1. The maximum atomic E-state index is 12.6. The summed E-state index contributed by atoms with van der Waals surface area (Å²) in [7, 11) is -3.69. The van der Waals surface area contributed by atoms with Crippen LogP contribution >= 0.6 is 0 Å². The zero-order chi connectivity index (χ0) is 21.3. The third kappa shape index (κ3) is 3.80. The summed E-state index contributed by atoms with van der Waals surface area (Å²) < 4.78 is 31.8. The highest BCUT2D eigenvalue weighted by Crippen LogP contribution is 2.27. The van der Waals surface area contributed by atoms with E-state index < -0.39 is 28.6 Å². The van der Waals surface area contributed by atoms with Crippen LogP contribution in [0.15, 0.2) is 58.4 Å². The fraction of sp³-hybridized carbons (Fsp3) is 0.286. The molecule has 156 valence electrons. The van der Waals surface area contributed by atoms with Gasteiger partial charge in [0.05, 0.1) is 4.90 Å². The molecule has 0 radical (unpaired) electrons. The smallest absolute Gasteiger partial charge is 0.331 e. The van der Waals surface area contributed by atoms with Crippen molar-refractivity contribution < 1.29 is 22.7 Å². The first-order valence-electron chi connectivity index (χ1n) is 9.62. The van der Waals surface area contributed by atoms with Gasteiger partial charge in [0.2, 0.25) is 0 Å². The molecule has 0 fully saturated rings. The van der Waals surface area contributed by atoms with Gasteiger partial charge in [-0.2, -0.15) is 0 Å². The zero-order valence-electron chi connectivity index (χ0n) is 16.4. The van der Waals surface area contributed by atoms with Crippen LogP contribution in [0.1, 0.15) is 24.5 Å². The molecule has 0 aliphatic carbocycles. The molecule has 2 aliphatic heterocycles. The minimum atomic E-state index is -3.69. The summed E-state index contributed by atoms with van der Waals surface area (Å²) in [6.07, 6.45) is 1.76. The van der Waals surface area contributed by atoms with Crippen LogP contribution in [0.25, 0.3) is 0 Å². The van der Waals surface area contributed by atoms with Crippen LogP contribution in [0.5, 0.6) is 0 Å². The molecule has 30 heavy (non-hydrogen) atoms. The Bertz CT molecular complexity index is 1140. The van der Waals surface area contributed by atoms with Crippen molar-refractivity contribution in [1.29, 1.82) is 0 Å². The van der Waals surface area contributed by atoms with Crippen LogP contribution < -0.4 is 9.62 Å². The average Bonchev–Trinajstić information content (AvgIpc) is 3.01. The highest BCUT2D eigenvalue weighted by Gasteiger charge is 2.31. The Labute approximate surface area is 174 Å².